The molecular weight excluding hydrogens is 394 g/mol. The average molecular weight is 413 g/mol. The van der Waals surface area contributed by atoms with Gasteiger partial charge in [0, 0.05) is 0 Å². The van der Waals surface area contributed by atoms with Gasteiger partial charge in [-0.2, -0.15) is 5.10 Å². The summed E-state index contributed by atoms with van der Waals surface area (Å²) in [5.41, 5.74) is 1.76. The van der Waals surface area contributed by atoms with Gasteiger partial charge < -0.3 is 19.9 Å². The van der Waals surface area contributed by atoms with E-state index >= 15 is 0 Å². The third kappa shape index (κ3) is 5.82. The van der Waals surface area contributed by atoms with Crippen LogP contribution in [-0.2, 0) is 16.2 Å². The van der Waals surface area contributed by atoms with Crippen LogP contribution in [0.3, 0.4) is 0 Å². The van der Waals surface area contributed by atoms with Crippen LogP contribution in [0.25, 0.3) is 0 Å². The van der Waals surface area contributed by atoms with Crippen molar-refractivity contribution >= 4 is 35.0 Å². The third-order valence-corrected chi connectivity index (χ3v) is 4.99. The van der Waals surface area contributed by atoms with Crippen LogP contribution in [0.1, 0.15) is 17.5 Å². The minimum absolute atomic E-state index is 0.264. The lowest BCUT2D eigenvalue weighted by molar-refractivity contribution is -0.138. The topological polar surface area (TPSA) is 110 Å². The molecule has 1 unspecified atom stereocenters. The van der Waals surface area contributed by atoms with Crippen molar-refractivity contribution in [2.24, 2.45) is 10.2 Å². The van der Waals surface area contributed by atoms with Crippen LogP contribution in [0.2, 0.25) is 0 Å². The minimum atomic E-state index is -1.04. The number of thioether (sulfide) groups is 1. The molecule has 2 aromatic carbocycles. The molecule has 0 aliphatic carbocycles. The molecule has 2 aromatic rings. The summed E-state index contributed by atoms with van der Waals surface area (Å²) in [5, 5.41) is 18.8. The Morgan fingerprint density at radius 3 is 2.76 bits per heavy atom. The number of hydrogen-bond acceptors (Lipinski definition) is 7. The van der Waals surface area contributed by atoms with Crippen molar-refractivity contribution in [2.45, 2.75) is 18.3 Å². The fourth-order valence-electron chi connectivity index (χ4n) is 2.51. The van der Waals surface area contributed by atoms with Crippen molar-refractivity contribution in [3.8, 4) is 11.5 Å². The zero-order valence-corrected chi connectivity index (χ0v) is 16.4. The molecule has 3 rings (SSSR count). The lowest BCUT2D eigenvalue weighted by Gasteiger charge is -2.11. The van der Waals surface area contributed by atoms with Gasteiger partial charge in [0.05, 0.1) is 19.7 Å². The highest BCUT2D eigenvalue weighted by molar-refractivity contribution is 8.15. The molecule has 1 aliphatic rings. The molecule has 9 heteroatoms. The number of hydrogen-bond donors (Lipinski definition) is 2. The maximum atomic E-state index is 11.7. The van der Waals surface area contributed by atoms with Gasteiger partial charge in [-0.1, -0.05) is 42.1 Å². The van der Waals surface area contributed by atoms with Crippen LogP contribution in [0, 0.1) is 0 Å². The second-order valence-electron chi connectivity index (χ2n) is 6.03. The molecule has 1 heterocycles. The molecule has 1 atom stereocenters. The summed E-state index contributed by atoms with van der Waals surface area (Å²) in [4.78, 5) is 22.4. The highest BCUT2D eigenvalue weighted by Gasteiger charge is 2.32. The summed E-state index contributed by atoms with van der Waals surface area (Å²) in [7, 11) is 1.57. The largest absolute Gasteiger partial charge is 0.493 e. The number of aliphatic carboxylic acids is 1. The first-order chi connectivity index (χ1) is 14.0. The Labute approximate surface area is 171 Å². The van der Waals surface area contributed by atoms with Crippen LogP contribution < -0.4 is 14.8 Å². The van der Waals surface area contributed by atoms with Crippen LogP contribution in [-0.4, -0.2) is 40.7 Å². The number of ether oxygens (including phenoxy) is 2. The molecule has 1 fully saturated rings. The fraction of sp³-hybridized carbons (Fsp3) is 0.200. The number of nitrogens with one attached hydrogen (secondary N) is 1. The molecule has 0 radical (unpaired) electrons. The molecular formula is C20H19N3O5S. The number of amides is 1. The SMILES string of the molecule is COc1ccc(/C=N/N=C2/NC(=O)C(CC(=O)O)S2)cc1OCc1ccccc1. The molecule has 1 amide bonds. The summed E-state index contributed by atoms with van der Waals surface area (Å²) in [6, 6.07) is 15.1. The Balaban J connectivity index is 1.66. The normalized spacial score (nSPS) is 17.5. The molecule has 0 spiro atoms. The predicted octanol–water partition coefficient (Wildman–Crippen LogP) is 2.67. The summed E-state index contributed by atoms with van der Waals surface area (Å²) in [5.74, 6) is -0.256. The molecule has 0 bridgehead atoms. The van der Waals surface area contributed by atoms with Gasteiger partial charge in [0.25, 0.3) is 0 Å². The number of carbonyl (C=O) groups excluding carboxylic acids is 1. The van der Waals surface area contributed by atoms with E-state index in [9.17, 15) is 9.59 Å². The van der Waals surface area contributed by atoms with E-state index in [1.165, 1.54) is 6.21 Å². The van der Waals surface area contributed by atoms with E-state index in [-0.39, 0.29) is 17.5 Å². The van der Waals surface area contributed by atoms with E-state index in [0.29, 0.717) is 18.1 Å². The molecule has 0 aromatic heterocycles. The first-order valence-corrected chi connectivity index (χ1v) is 9.58. The highest BCUT2D eigenvalue weighted by atomic mass is 32.2. The van der Waals surface area contributed by atoms with Crippen molar-refractivity contribution in [3.63, 3.8) is 0 Å². The van der Waals surface area contributed by atoms with Crippen LogP contribution >= 0.6 is 11.8 Å². The predicted molar refractivity (Wildman–Crippen MR) is 111 cm³/mol. The minimum Gasteiger partial charge on any atom is -0.493 e. The van der Waals surface area contributed by atoms with Gasteiger partial charge in [-0.3, -0.25) is 9.59 Å². The number of carbonyl (C=O) groups is 2. The molecule has 150 valence electrons. The average Bonchev–Trinajstić information content (AvgIpc) is 3.05. The molecule has 8 nitrogen and oxygen atoms in total. The summed E-state index contributed by atoms with van der Waals surface area (Å²) in [6.45, 7) is 0.397. The number of rotatable bonds is 8. The van der Waals surface area contributed by atoms with Crippen LogP contribution in [0.15, 0.2) is 58.7 Å². The quantitative estimate of drug-likeness (QED) is 0.509. The molecule has 0 saturated carbocycles. The number of methoxy groups -OCH3 is 1. The summed E-state index contributed by atoms with van der Waals surface area (Å²) in [6.07, 6.45) is 1.25. The number of amidine groups is 1. The number of benzene rings is 2. The van der Waals surface area contributed by atoms with E-state index in [2.05, 4.69) is 15.5 Å². The Bertz CT molecular complexity index is 946. The van der Waals surface area contributed by atoms with Gasteiger partial charge in [-0.05, 0) is 29.3 Å². The second kappa shape index (κ2) is 9.74. The Morgan fingerprint density at radius 1 is 1.24 bits per heavy atom. The van der Waals surface area contributed by atoms with Crippen LogP contribution in [0.5, 0.6) is 11.5 Å². The van der Waals surface area contributed by atoms with E-state index < -0.39 is 11.2 Å². The van der Waals surface area contributed by atoms with Crippen molar-refractivity contribution in [2.75, 3.05) is 7.11 Å². The standard InChI is InChI=1S/C20H19N3O5S/c1-27-15-8-7-14(9-16(15)28-12-13-5-3-2-4-6-13)11-21-23-20-22-19(26)17(29-20)10-18(24)25/h2-9,11,17H,10,12H2,1H3,(H,24,25)(H,22,23,26)/b21-11+. The first kappa shape index (κ1) is 20.4. The zero-order valence-electron chi connectivity index (χ0n) is 15.6. The van der Waals surface area contributed by atoms with Gasteiger partial charge in [-0.15, -0.1) is 5.10 Å². The monoisotopic (exact) mass is 413 g/mol. The number of carboxylic acid groups (broad SMARTS) is 1. The molecule has 2 N–H and O–H groups in total. The van der Waals surface area contributed by atoms with E-state index in [1.54, 1.807) is 25.3 Å². The Morgan fingerprint density at radius 2 is 2.03 bits per heavy atom. The van der Waals surface area contributed by atoms with Gasteiger partial charge in [0.1, 0.15) is 11.9 Å². The summed E-state index contributed by atoms with van der Waals surface area (Å²) < 4.78 is 11.2. The summed E-state index contributed by atoms with van der Waals surface area (Å²) >= 11 is 1.05. The second-order valence-corrected chi connectivity index (χ2v) is 7.22. The number of nitrogens with zero attached hydrogens (tertiary/aromatic N) is 2. The zero-order chi connectivity index (χ0) is 20.6. The smallest absolute Gasteiger partial charge is 0.305 e. The molecule has 29 heavy (non-hydrogen) atoms. The maximum Gasteiger partial charge on any atom is 0.305 e. The van der Waals surface area contributed by atoms with Gasteiger partial charge in [0.2, 0.25) is 5.91 Å². The van der Waals surface area contributed by atoms with E-state index in [4.69, 9.17) is 14.6 Å². The number of carboxylic acids is 1. The molecule has 1 aliphatic heterocycles. The van der Waals surface area contributed by atoms with Crippen molar-refractivity contribution in [1.82, 2.24) is 5.32 Å². The van der Waals surface area contributed by atoms with Crippen molar-refractivity contribution in [3.05, 3.63) is 59.7 Å². The molecule has 1 saturated heterocycles. The fourth-order valence-corrected chi connectivity index (χ4v) is 3.43. The van der Waals surface area contributed by atoms with E-state index in [0.717, 1.165) is 22.9 Å². The Kier molecular flexibility index (Phi) is 6.85. The van der Waals surface area contributed by atoms with Gasteiger partial charge >= 0.3 is 5.97 Å². The van der Waals surface area contributed by atoms with Crippen molar-refractivity contribution in [1.29, 1.82) is 0 Å². The third-order valence-electron chi connectivity index (χ3n) is 3.92. The van der Waals surface area contributed by atoms with Crippen molar-refractivity contribution < 1.29 is 24.2 Å². The lowest BCUT2D eigenvalue weighted by Crippen LogP contribution is -2.26. The lowest BCUT2D eigenvalue weighted by atomic mass is 10.2. The maximum absolute atomic E-state index is 11.7. The highest BCUT2D eigenvalue weighted by Crippen LogP contribution is 2.28. The Hall–Kier alpha value is -3.33. The van der Waals surface area contributed by atoms with E-state index in [1.807, 2.05) is 30.3 Å². The van der Waals surface area contributed by atoms with Gasteiger partial charge in [0.15, 0.2) is 16.7 Å². The van der Waals surface area contributed by atoms with Crippen LogP contribution in [0.4, 0.5) is 0 Å². The first-order valence-electron chi connectivity index (χ1n) is 8.70. The van der Waals surface area contributed by atoms with Gasteiger partial charge in [-0.25, -0.2) is 0 Å².